The monoisotopic (exact) mass is 334 g/mol. The van der Waals surface area contributed by atoms with Gasteiger partial charge < -0.3 is 19.5 Å². The Hall–Kier alpha value is -3.48. The summed E-state index contributed by atoms with van der Waals surface area (Å²) in [6, 6.07) is 11.5. The molecule has 4 aromatic rings. The highest BCUT2D eigenvalue weighted by Gasteiger charge is 2.15. The number of ether oxygens (including phenoxy) is 3. The van der Waals surface area contributed by atoms with Gasteiger partial charge in [0.2, 0.25) is 6.79 Å². The second kappa shape index (κ2) is 5.27. The number of hydrogen-bond acceptors (Lipinski definition) is 6. The lowest BCUT2D eigenvalue weighted by Gasteiger charge is -2.10. The number of aromatic nitrogens is 3. The molecule has 2 N–H and O–H groups in total. The highest BCUT2D eigenvalue weighted by molar-refractivity contribution is 6.09. The van der Waals surface area contributed by atoms with E-state index in [-0.39, 0.29) is 6.79 Å². The summed E-state index contributed by atoms with van der Waals surface area (Å²) < 4.78 is 16.1. The first-order chi connectivity index (χ1) is 12.3. The van der Waals surface area contributed by atoms with E-state index in [1.54, 1.807) is 13.3 Å². The number of benzene rings is 2. The Morgan fingerprint density at radius 3 is 2.92 bits per heavy atom. The van der Waals surface area contributed by atoms with Crippen LogP contribution in [0.3, 0.4) is 0 Å². The van der Waals surface area contributed by atoms with E-state index in [0.717, 1.165) is 39.0 Å². The standard InChI is InChI=1S/C18H14N4O3/c1-23-11-3-4-12-13-8-19-22-17(13)18(21-14(12)7-11)20-10-2-5-15-16(6-10)25-9-24-15/h2-8H,9H2,1H3,(H,19,22)(H,20,21). The molecule has 0 radical (unpaired) electrons. The smallest absolute Gasteiger partial charge is 0.231 e. The zero-order chi connectivity index (χ0) is 16.8. The predicted octanol–water partition coefficient (Wildman–Crippen LogP) is 3.59. The minimum atomic E-state index is 0.248. The van der Waals surface area contributed by atoms with Gasteiger partial charge in [-0.3, -0.25) is 5.10 Å². The Morgan fingerprint density at radius 2 is 2.00 bits per heavy atom. The molecule has 3 heterocycles. The molecule has 0 unspecified atom stereocenters. The zero-order valence-electron chi connectivity index (χ0n) is 13.4. The van der Waals surface area contributed by atoms with Gasteiger partial charge in [-0.05, 0) is 24.3 Å². The van der Waals surface area contributed by atoms with Crippen molar-refractivity contribution in [1.82, 2.24) is 15.2 Å². The van der Waals surface area contributed by atoms with E-state index in [0.29, 0.717) is 11.6 Å². The van der Waals surface area contributed by atoms with Gasteiger partial charge in [0.15, 0.2) is 17.3 Å². The van der Waals surface area contributed by atoms with Crippen molar-refractivity contribution >= 4 is 33.3 Å². The van der Waals surface area contributed by atoms with Gasteiger partial charge in [-0.1, -0.05) is 0 Å². The summed E-state index contributed by atoms with van der Waals surface area (Å²) in [6.45, 7) is 0.248. The first-order valence-electron chi connectivity index (χ1n) is 7.79. The van der Waals surface area contributed by atoms with Crippen molar-refractivity contribution in [3.05, 3.63) is 42.6 Å². The lowest BCUT2D eigenvalue weighted by molar-refractivity contribution is 0.174. The van der Waals surface area contributed by atoms with Crippen molar-refractivity contribution in [2.75, 3.05) is 19.2 Å². The normalized spacial score (nSPS) is 12.7. The molecule has 0 atom stereocenters. The fourth-order valence-corrected chi connectivity index (χ4v) is 3.01. The molecule has 5 rings (SSSR count). The molecule has 0 aliphatic carbocycles. The van der Waals surface area contributed by atoms with E-state index in [4.69, 9.17) is 19.2 Å². The van der Waals surface area contributed by atoms with Crippen LogP contribution in [-0.2, 0) is 0 Å². The van der Waals surface area contributed by atoms with Crippen molar-refractivity contribution in [2.24, 2.45) is 0 Å². The van der Waals surface area contributed by atoms with Crippen LogP contribution < -0.4 is 19.5 Å². The fraction of sp³-hybridized carbons (Fsp3) is 0.111. The van der Waals surface area contributed by atoms with E-state index in [1.165, 1.54) is 0 Å². The molecule has 0 fully saturated rings. The molecule has 0 saturated carbocycles. The van der Waals surface area contributed by atoms with Crippen LogP contribution >= 0.6 is 0 Å². The summed E-state index contributed by atoms with van der Waals surface area (Å²) in [6.07, 6.45) is 1.80. The number of fused-ring (bicyclic) bond motifs is 4. The maximum absolute atomic E-state index is 5.43. The minimum Gasteiger partial charge on any atom is -0.497 e. The third-order valence-electron chi connectivity index (χ3n) is 4.24. The first-order valence-corrected chi connectivity index (χ1v) is 7.79. The Bertz CT molecular complexity index is 1110. The summed E-state index contributed by atoms with van der Waals surface area (Å²) in [5.41, 5.74) is 2.53. The molecule has 124 valence electrons. The third-order valence-corrected chi connectivity index (χ3v) is 4.24. The molecule has 2 aromatic heterocycles. The molecule has 25 heavy (non-hydrogen) atoms. The van der Waals surface area contributed by atoms with Crippen LogP contribution in [0.4, 0.5) is 11.5 Å². The van der Waals surface area contributed by atoms with Crippen LogP contribution in [-0.4, -0.2) is 29.1 Å². The maximum Gasteiger partial charge on any atom is 0.231 e. The van der Waals surface area contributed by atoms with Gasteiger partial charge in [-0.2, -0.15) is 5.10 Å². The molecule has 7 heteroatoms. The van der Waals surface area contributed by atoms with E-state index >= 15 is 0 Å². The molecule has 7 nitrogen and oxygen atoms in total. The van der Waals surface area contributed by atoms with E-state index in [2.05, 4.69) is 15.5 Å². The Labute approximate surface area is 142 Å². The van der Waals surface area contributed by atoms with Crippen molar-refractivity contribution in [3.8, 4) is 17.2 Å². The van der Waals surface area contributed by atoms with Crippen LogP contribution in [0.15, 0.2) is 42.6 Å². The predicted molar refractivity (Wildman–Crippen MR) is 93.8 cm³/mol. The summed E-state index contributed by atoms with van der Waals surface area (Å²) in [7, 11) is 1.64. The average Bonchev–Trinajstić information content (AvgIpc) is 3.30. The van der Waals surface area contributed by atoms with Gasteiger partial charge in [0.05, 0.1) is 18.8 Å². The van der Waals surface area contributed by atoms with Gasteiger partial charge in [-0.25, -0.2) is 4.98 Å². The van der Waals surface area contributed by atoms with E-state index in [1.807, 2.05) is 36.4 Å². The van der Waals surface area contributed by atoms with Crippen LogP contribution in [0.5, 0.6) is 17.2 Å². The van der Waals surface area contributed by atoms with Crippen LogP contribution in [0.2, 0.25) is 0 Å². The van der Waals surface area contributed by atoms with Gasteiger partial charge in [-0.15, -0.1) is 0 Å². The van der Waals surface area contributed by atoms with Crippen LogP contribution in [0.25, 0.3) is 21.8 Å². The molecule has 0 saturated heterocycles. The molecule has 0 amide bonds. The number of pyridine rings is 1. The zero-order valence-corrected chi connectivity index (χ0v) is 13.4. The fourth-order valence-electron chi connectivity index (χ4n) is 3.01. The number of rotatable bonds is 3. The first kappa shape index (κ1) is 13.9. The highest BCUT2D eigenvalue weighted by Crippen LogP contribution is 2.36. The quantitative estimate of drug-likeness (QED) is 0.596. The second-order valence-electron chi connectivity index (χ2n) is 5.70. The molecule has 0 bridgehead atoms. The van der Waals surface area contributed by atoms with Gasteiger partial charge in [0.1, 0.15) is 11.3 Å². The summed E-state index contributed by atoms with van der Waals surface area (Å²) >= 11 is 0. The van der Waals surface area contributed by atoms with Gasteiger partial charge in [0.25, 0.3) is 0 Å². The second-order valence-corrected chi connectivity index (χ2v) is 5.70. The average molecular weight is 334 g/mol. The molecule has 1 aliphatic rings. The number of H-pyrrole nitrogens is 1. The number of aromatic amines is 1. The third kappa shape index (κ3) is 2.20. The molecule has 2 aromatic carbocycles. The van der Waals surface area contributed by atoms with Crippen molar-refractivity contribution in [1.29, 1.82) is 0 Å². The number of nitrogens with one attached hydrogen (secondary N) is 2. The van der Waals surface area contributed by atoms with Crippen molar-refractivity contribution < 1.29 is 14.2 Å². The largest absolute Gasteiger partial charge is 0.497 e. The lowest BCUT2D eigenvalue weighted by Crippen LogP contribution is -1.96. The molecule has 1 aliphatic heterocycles. The van der Waals surface area contributed by atoms with Crippen molar-refractivity contribution in [2.45, 2.75) is 0 Å². The topological polar surface area (TPSA) is 81.3 Å². The van der Waals surface area contributed by atoms with Gasteiger partial charge in [0, 0.05) is 28.6 Å². The number of hydrogen-bond donors (Lipinski definition) is 2. The van der Waals surface area contributed by atoms with Gasteiger partial charge >= 0.3 is 0 Å². The maximum atomic E-state index is 5.43. The van der Waals surface area contributed by atoms with E-state index < -0.39 is 0 Å². The highest BCUT2D eigenvalue weighted by atomic mass is 16.7. The number of anilines is 2. The Morgan fingerprint density at radius 1 is 1.08 bits per heavy atom. The van der Waals surface area contributed by atoms with Crippen molar-refractivity contribution in [3.63, 3.8) is 0 Å². The lowest BCUT2D eigenvalue weighted by atomic mass is 10.1. The van der Waals surface area contributed by atoms with Crippen LogP contribution in [0.1, 0.15) is 0 Å². The Kier molecular flexibility index (Phi) is 2.93. The number of nitrogens with zero attached hydrogens (tertiary/aromatic N) is 2. The summed E-state index contributed by atoms with van der Waals surface area (Å²) in [4.78, 5) is 4.74. The Balaban J connectivity index is 1.65. The molecule has 0 spiro atoms. The van der Waals surface area contributed by atoms with Crippen LogP contribution in [0, 0.1) is 0 Å². The van der Waals surface area contributed by atoms with E-state index in [9.17, 15) is 0 Å². The molecular formula is C18H14N4O3. The number of methoxy groups -OCH3 is 1. The molecular weight excluding hydrogens is 320 g/mol. The summed E-state index contributed by atoms with van der Waals surface area (Å²) in [5, 5.41) is 12.5. The SMILES string of the molecule is COc1ccc2c(c1)nc(Nc1ccc3c(c1)OCO3)c1[nH]ncc12. The summed E-state index contributed by atoms with van der Waals surface area (Å²) in [5.74, 6) is 2.91. The minimum absolute atomic E-state index is 0.248.